The van der Waals surface area contributed by atoms with Gasteiger partial charge in [-0.2, -0.15) is 0 Å². The lowest BCUT2D eigenvalue weighted by molar-refractivity contribution is 0.321. The summed E-state index contributed by atoms with van der Waals surface area (Å²) in [4.78, 5) is 7.25. The Morgan fingerprint density at radius 2 is 2.00 bits per heavy atom. The highest BCUT2D eigenvalue weighted by Crippen LogP contribution is 2.04. The van der Waals surface area contributed by atoms with Gasteiger partial charge >= 0.3 is 0 Å². The topological polar surface area (TPSA) is 58.4 Å². The molecule has 1 aromatic rings. The molecule has 11 heavy (non-hydrogen) atoms. The molecule has 0 aliphatic carbocycles. The van der Waals surface area contributed by atoms with E-state index in [0.29, 0.717) is 5.56 Å². The molecule has 1 rings (SSSR count). The van der Waals surface area contributed by atoms with E-state index in [2.05, 4.69) is 15.1 Å². The van der Waals surface area contributed by atoms with E-state index in [-0.39, 0.29) is 10.5 Å². The second-order valence-corrected chi connectivity index (χ2v) is 2.33. The Balaban J connectivity index is 2.99. The lowest BCUT2D eigenvalue weighted by Crippen LogP contribution is -1.93. The van der Waals surface area contributed by atoms with Crippen LogP contribution in [-0.2, 0) is 0 Å². The van der Waals surface area contributed by atoms with E-state index in [1.54, 1.807) is 0 Å². The first kappa shape index (κ1) is 8.23. The third kappa shape index (κ3) is 2.03. The minimum Gasteiger partial charge on any atom is -0.410 e. The Kier molecular flexibility index (Phi) is 2.62. The van der Waals surface area contributed by atoms with E-state index in [9.17, 15) is 0 Å². The third-order valence-corrected chi connectivity index (χ3v) is 1.44. The average molecular weight is 192 g/mol. The van der Waals surface area contributed by atoms with Crippen molar-refractivity contribution < 1.29 is 5.21 Å². The molecule has 1 aromatic heterocycles. The fourth-order valence-corrected chi connectivity index (χ4v) is 0.672. The quantitative estimate of drug-likeness (QED) is 0.317. The normalized spacial score (nSPS) is 11.6. The van der Waals surface area contributed by atoms with Crippen molar-refractivity contribution in [1.29, 1.82) is 0 Å². The van der Waals surface area contributed by atoms with Crippen molar-refractivity contribution in [2.24, 2.45) is 5.16 Å². The first-order chi connectivity index (χ1) is 5.24. The molecule has 0 saturated carbocycles. The Labute approximate surface area is 72.5 Å². The van der Waals surface area contributed by atoms with Crippen LogP contribution in [0, 0.1) is 0 Å². The summed E-state index contributed by atoms with van der Waals surface area (Å²) in [7, 11) is 0. The number of halogens is 2. The summed E-state index contributed by atoms with van der Waals surface area (Å²) in [6.45, 7) is 0. The number of oxime groups is 1. The summed E-state index contributed by atoms with van der Waals surface area (Å²) in [5.74, 6) is 0. The highest BCUT2D eigenvalue weighted by atomic mass is 35.5. The maximum absolute atomic E-state index is 8.22. The molecule has 6 heteroatoms. The molecule has 0 bridgehead atoms. The number of rotatable bonds is 1. The van der Waals surface area contributed by atoms with E-state index in [0.717, 1.165) is 0 Å². The number of aromatic nitrogens is 2. The molecule has 0 aliphatic heterocycles. The lowest BCUT2D eigenvalue weighted by atomic mass is 10.4. The van der Waals surface area contributed by atoms with Gasteiger partial charge in [0.05, 0.1) is 5.56 Å². The van der Waals surface area contributed by atoms with Gasteiger partial charge in [-0.05, 0) is 11.6 Å². The zero-order chi connectivity index (χ0) is 8.27. The molecule has 0 aliphatic rings. The number of hydrogen-bond acceptors (Lipinski definition) is 4. The van der Waals surface area contributed by atoms with Crippen LogP contribution in [0.5, 0.6) is 0 Å². The monoisotopic (exact) mass is 191 g/mol. The highest BCUT2D eigenvalue weighted by Gasteiger charge is 2.00. The van der Waals surface area contributed by atoms with Gasteiger partial charge in [-0.15, -0.1) is 0 Å². The molecule has 0 spiro atoms. The van der Waals surface area contributed by atoms with Gasteiger partial charge in [0.2, 0.25) is 5.28 Å². The Bertz CT molecular complexity index is 272. The highest BCUT2D eigenvalue weighted by molar-refractivity contribution is 6.69. The molecular formula is C5H3Cl2N3O. The summed E-state index contributed by atoms with van der Waals surface area (Å²) >= 11 is 10.8. The molecule has 1 heterocycles. The maximum atomic E-state index is 8.22. The van der Waals surface area contributed by atoms with Crippen LogP contribution in [0.3, 0.4) is 0 Å². The van der Waals surface area contributed by atoms with Gasteiger partial charge in [-0.25, -0.2) is 9.97 Å². The summed E-state index contributed by atoms with van der Waals surface area (Å²) in [6.07, 6.45) is 2.72. The molecule has 0 amide bonds. The largest absolute Gasteiger partial charge is 0.410 e. The van der Waals surface area contributed by atoms with Crippen LogP contribution in [0.1, 0.15) is 5.56 Å². The average Bonchev–Trinajstić information content (AvgIpc) is 2.05. The lowest BCUT2D eigenvalue weighted by Gasteiger charge is -1.92. The van der Waals surface area contributed by atoms with Crippen LogP contribution < -0.4 is 0 Å². The molecule has 0 radical (unpaired) electrons. The van der Waals surface area contributed by atoms with Crippen LogP contribution in [0.4, 0.5) is 0 Å². The van der Waals surface area contributed by atoms with Gasteiger partial charge in [0, 0.05) is 12.4 Å². The van der Waals surface area contributed by atoms with Crippen LogP contribution in [0.25, 0.3) is 0 Å². The minimum absolute atomic E-state index is 0.0679. The summed E-state index contributed by atoms with van der Waals surface area (Å²) < 4.78 is 0. The van der Waals surface area contributed by atoms with Gasteiger partial charge in [-0.3, -0.25) is 0 Å². The summed E-state index contributed by atoms with van der Waals surface area (Å²) in [5, 5.41) is 11.0. The second kappa shape index (κ2) is 3.50. The summed E-state index contributed by atoms with van der Waals surface area (Å²) in [5.41, 5.74) is 0.415. The molecule has 0 fully saturated rings. The molecular weight excluding hydrogens is 189 g/mol. The van der Waals surface area contributed by atoms with Crippen molar-refractivity contribution in [1.82, 2.24) is 9.97 Å². The van der Waals surface area contributed by atoms with Gasteiger partial charge in [-0.1, -0.05) is 16.8 Å². The fourth-order valence-electron chi connectivity index (χ4n) is 0.477. The van der Waals surface area contributed by atoms with E-state index < -0.39 is 0 Å². The maximum Gasteiger partial charge on any atom is 0.222 e. The first-order valence-corrected chi connectivity index (χ1v) is 3.35. The van der Waals surface area contributed by atoms with Gasteiger partial charge in [0.1, 0.15) is 0 Å². The molecule has 0 saturated heterocycles. The number of hydrogen-bond donors (Lipinski definition) is 1. The van der Waals surface area contributed by atoms with Gasteiger partial charge < -0.3 is 5.21 Å². The molecule has 0 aromatic carbocycles. The van der Waals surface area contributed by atoms with Crippen LogP contribution >= 0.6 is 23.2 Å². The fraction of sp³-hybridized carbons (Fsp3) is 0. The van der Waals surface area contributed by atoms with E-state index in [1.807, 2.05) is 0 Å². The van der Waals surface area contributed by atoms with E-state index in [1.165, 1.54) is 12.4 Å². The minimum atomic E-state index is -0.0679. The zero-order valence-electron chi connectivity index (χ0n) is 5.20. The van der Waals surface area contributed by atoms with Crippen molar-refractivity contribution in [2.45, 2.75) is 0 Å². The zero-order valence-corrected chi connectivity index (χ0v) is 6.71. The SMILES string of the molecule is O/N=C(\Cl)c1cnc(Cl)nc1. The van der Waals surface area contributed by atoms with Gasteiger partial charge in [0.15, 0.2) is 5.17 Å². The number of nitrogens with zero attached hydrogens (tertiary/aromatic N) is 3. The van der Waals surface area contributed by atoms with Crippen molar-refractivity contribution in [3.63, 3.8) is 0 Å². The molecule has 58 valence electrons. The molecule has 4 nitrogen and oxygen atoms in total. The van der Waals surface area contributed by atoms with Crippen LogP contribution in [-0.4, -0.2) is 20.3 Å². The van der Waals surface area contributed by atoms with E-state index >= 15 is 0 Å². The summed E-state index contributed by atoms with van der Waals surface area (Å²) in [6, 6.07) is 0. The molecule has 0 atom stereocenters. The van der Waals surface area contributed by atoms with Crippen molar-refractivity contribution in [3.8, 4) is 0 Å². The van der Waals surface area contributed by atoms with Crippen molar-refractivity contribution in [3.05, 3.63) is 23.2 Å². The Hall–Kier alpha value is -0.870. The van der Waals surface area contributed by atoms with Crippen molar-refractivity contribution in [2.75, 3.05) is 0 Å². The smallest absolute Gasteiger partial charge is 0.222 e. The predicted octanol–water partition coefficient (Wildman–Crippen LogP) is 1.50. The van der Waals surface area contributed by atoms with Crippen molar-refractivity contribution >= 4 is 28.4 Å². The van der Waals surface area contributed by atoms with Crippen LogP contribution in [0.15, 0.2) is 17.5 Å². The Morgan fingerprint density at radius 1 is 1.45 bits per heavy atom. The standard InChI is InChI=1S/C5H3Cl2N3O/c6-4(10-11)3-1-8-5(7)9-2-3/h1-2,11H/b10-4-. The molecule has 0 unspecified atom stereocenters. The van der Waals surface area contributed by atoms with Crippen LogP contribution in [0.2, 0.25) is 5.28 Å². The third-order valence-electron chi connectivity index (χ3n) is 0.946. The van der Waals surface area contributed by atoms with Gasteiger partial charge in [0.25, 0.3) is 0 Å². The first-order valence-electron chi connectivity index (χ1n) is 2.59. The van der Waals surface area contributed by atoms with E-state index in [4.69, 9.17) is 28.4 Å². The predicted molar refractivity (Wildman–Crippen MR) is 41.2 cm³/mol. The second-order valence-electron chi connectivity index (χ2n) is 1.63. The Morgan fingerprint density at radius 3 is 2.45 bits per heavy atom. The molecule has 1 N–H and O–H groups in total.